The van der Waals surface area contributed by atoms with Crippen LogP contribution >= 0.6 is 15.9 Å². The highest BCUT2D eigenvalue weighted by molar-refractivity contribution is 9.08. The summed E-state index contributed by atoms with van der Waals surface area (Å²) >= 11 is 3.66. The van der Waals surface area contributed by atoms with Gasteiger partial charge in [-0.15, -0.1) is 0 Å². The van der Waals surface area contributed by atoms with Crippen LogP contribution in [0.1, 0.15) is 22.4 Å². The Labute approximate surface area is 116 Å². The molecular weight excluding hydrogens is 288 g/mol. The highest BCUT2D eigenvalue weighted by atomic mass is 79.9. The van der Waals surface area contributed by atoms with Crippen LogP contribution in [-0.2, 0) is 18.3 Å². The van der Waals surface area contributed by atoms with E-state index in [2.05, 4.69) is 53.0 Å². The van der Waals surface area contributed by atoms with Crippen LogP contribution in [0.25, 0.3) is 10.9 Å². The molecule has 0 fully saturated rings. The Morgan fingerprint density at radius 1 is 1.39 bits per heavy atom. The molecule has 0 unspecified atom stereocenters. The van der Waals surface area contributed by atoms with E-state index in [9.17, 15) is 0 Å². The Kier molecular flexibility index (Phi) is 3.12. The van der Waals surface area contributed by atoms with Gasteiger partial charge in [0.2, 0.25) is 0 Å². The number of pyridine rings is 1. The van der Waals surface area contributed by atoms with Gasteiger partial charge < -0.3 is 4.90 Å². The molecule has 1 aliphatic heterocycles. The van der Waals surface area contributed by atoms with E-state index in [1.165, 1.54) is 33.3 Å². The first kappa shape index (κ1) is 12.1. The van der Waals surface area contributed by atoms with E-state index in [1.807, 2.05) is 0 Å². The first-order valence-corrected chi connectivity index (χ1v) is 7.47. The van der Waals surface area contributed by atoms with Crippen LogP contribution in [-0.4, -0.2) is 23.5 Å². The fourth-order valence-electron chi connectivity index (χ4n) is 2.78. The molecule has 1 aromatic carbocycles. The number of alkyl halides is 1. The maximum Gasteiger partial charge on any atom is 0.0737 e. The monoisotopic (exact) mass is 304 g/mol. The Hall–Kier alpha value is -0.930. The number of nitrogens with zero attached hydrogens (tertiary/aromatic N) is 2. The van der Waals surface area contributed by atoms with Crippen LogP contribution in [0.15, 0.2) is 18.2 Å². The lowest BCUT2D eigenvalue weighted by Gasteiger charge is -2.27. The van der Waals surface area contributed by atoms with Gasteiger partial charge in [0.1, 0.15) is 0 Å². The van der Waals surface area contributed by atoms with Crippen molar-refractivity contribution in [3.63, 3.8) is 0 Å². The van der Waals surface area contributed by atoms with Crippen molar-refractivity contribution in [2.75, 3.05) is 13.6 Å². The van der Waals surface area contributed by atoms with E-state index in [4.69, 9.17) is 4.98 Å². The third-order valence-corrected chi connectivity index (χ3v) is 4.37. The predicted octanol–water partition coefficient (Wildman–Crippen LogP) is 3.43. The SMILES string of the molecule is Cc1cccc2c(CBr)c3c(nc12)CCN(C)C3. The van der Waals surface area contributed by atoms with E-state index >= 15 is 0 Å². The molecule has 0 radical (unpaired) electrons. The van der Waals surface area contributed by atoms with E-state index in [0.29, 0.717) is 0 Å². The standard InChI is InChI=1S/C15H17BrN2/c1-10-4-3-5-11-12(8-16)13-9-18(2)7-6-14(13)17-15(10)11/h3-5H,6-9H2,1-2H3. The summed E-state index contributed by atoms with van der Waals surface area (Å²) in [6.07, 6.45) is 1.07. The van der Waals surface area contributed by atoms with Crippen molar-refractivity contribution >= 4 is 26.8 Å². The number of hydrogen-bond donors (Lipinski definition) is 0. The molecule has 0 saturated carbocycles. The van der Waals surface area contributed by atoms with Crippen LogP contribution in [0.4, 0.5) is 0 Å². The average molecular weight is 305 g/mol. The average Bonchev–Trinajstić information content (AvgIpc) is 2.37. The van der Waals surface area contributed by atoms with Crippen molar-refractivity contribution in [1.82, 2.24) is 9.88 Å². The van der Waals surface area contributed by atoms with Crippen molar-refractivity contribution in [3.8, 4) is 0 Å². The normalized spacial score (nSPS) is 15.9. The van der Waals surface area contributed by atoms with E-state index in [-0.39, 0.29) is 0 Å². The summed E-state index contributed by atoms with van der Waals surface area (Å²) in [6, 6.07) is 6.47. The predicted molar refractivity (Wildman–Crippen MR) is 79.1 cm³/mol. The van der Waals surface area contributed by atoms with Gasteiger partial charge in [0.15, 0.2) is 0 Å². The number of fused-ring (bicyclic) bond motifs is 2. The zero-order chi connectivity index (χ0) is 12.7. The van der Waals surface area contributed by atoms with Crippen molar-refractivity contribution in [2.45, 2.75) is 25.2 Å². The zero-order valence-electron chi connectivity index (χ0n) is 10.8. The third-order valence-electron chi connectivity index (χ3n) is 3.81. The Morgan fingerprint density at radius 3 is 3.00 bits per heavy atom. The summed E-state index contributed by atoms with van der Waals surface area (Å²) in [5.41, 5.74) is 6.60. The van der Waals surface area contributed by atoms with Gasteiger partial charge >= 0.3 is 0 Å². The lowest BCUT2D eigenvalue weighted by atomic mass is 9.96. The Balaban J connectivity index is 2.34. The smallest absolute Gasteiger partial charge is 0.0737 e. The molecule has 94 valence electrons. The second kappa shape index (κ2) is 4.63. The van der Waals surface area contributed by atoms with Gasteiger partial charge in [-0.2, -0.15) is 0 Å². The quantitative estimate of drug-likeness (QED) is 0.751. The number of benzene rings is 1. The highest BCUT2D eigenvalue weighted by Gasteiger charge is 2.20. The van der Waals surface area contributed by atoms with Crippen molar-refractivity contribution < 1.29 is 0 Å². The zero-order valence-corrected chi connectivity index (χ0v) is 12.4. The number of aryl methyl sites for hydroxylation is 1. The third kappa shape index (κ3) is 1.86. The fourth-order valence-corrected chi connectivity index (χ4v) is 3.42. The molecule has 0 saturated heterocycles. The van der Waals surface area contributed by atoms with Gasteiger partial charge in [-0.3, -0.25) is 4.98 Å². The molecule has 0 atom stereocenters. The molecule has 0 N–H and O–H groups in total. The molecule has 1 aromatic heterocycles. The lowest BCUT2D eigenvalue weighted by Crippen LogP contribution is -2.28. The number of rotatable bonds is 1. The van der Waals surface area contributed by atoms with Crippen LogP contribution in [0.2, 0.25) is 0 Å². The van der Waals surface area contributed by atoms with Gasteiger partial charge in [0, 0.05) is 35.9 Å². The molecule has 1 aliphatic rings. The number of hydrogen-bond acceptors (Lipinski definition) is 2. The molecule has 3 rings (SSSR count). The van der Waals surface area contributed by atoms with Crippen LogP contribution < -0.4 is 0 Å². The van der Waals surface area contributed by atoms with Gasteiger partial charge in [-0.1, -0.05) is 34.1 Å². The minimum absolute atomic E-state index is 0.908. The fraction of sp³-hybridized carbons (Fsp3) is 0.400. The minimum atomic E-state index is 0.908. The van der Waals surface area contributed by atoms with Gasteiger partial charge in [-0.25, -0.2) is 0 Å². The summed E-state index contributed by atoms with van der Waals surface area (Å²) in [4.78, 5) is 7.28. The second-order valence-electron chi connectivity index (χ2n) is 5.11. The lowest BCUT2D eigenvalue weighted by molar-refractivity contribution is 0.309. The molecule has 2 nitrogen and oxygen atoms in total. The Morgan fingerprint density at radius 2 is 2.22 bits per heavy atom. The molecule has 2 aromatic rings. The van der Waals surface area contributed by atoms with Gasteiger partial charge in [0.05, 0.1) is 5.52 Å². The van der Waals surface area contributed by atoms with E-state index in [1.54, 1.807) is 0 Å². The van der Waals surface area contributed by atoms with Crippen LogP contribution in [0, 0.1) is 6.92 Å². The molecule has 0 bridgehead atoms. The summed E-state index contributed by atoms with van der Waals surface area (Å²) in [5, 5.41) is 2.21. The molecule has 2 heterocycles. The van der Waals surface area contributed by atoms with Gasteiger partial charge in [-0.05, 0) is 30.7 Å². The number of likely N-dealkylation sites (N-methyl/N-ethyl adjacent to an activating group) is 1. The second-order valence-corrected chi connectivity index (χ2v) is 5.67. The summed E-state index contributed by atoms with van der Waals surface area (Å²) < 4.78 is 0. The first-order valence-electron chi connectivity index (χ1n) is 6.35. The molecule has 3 heteroatoms. The largest absolute Gasteiger partial charge is 0.302 e. The molecule has 0 aliphatic carbocycles. The minimum Gasteiger partial charge on any atom is -0.302 e. The number of para-hydroxylation sites is 1. The van der Waals surface area contributed by atoms with Crippen molar-refractivity contribution in [3.05, 3.63) is 40.6 Å². The van der Waals surface area contributed by atoms with Crippen molar-refractivity contribution in [1.29, 1.82) is 0 Å². The maximum atomic E-state index is 4.91. The summed E-state index contributed by atoms with van der Waals surface area (Å²) in [6.45, 7) is 4.28. The summed E-state index contributed by atoms with van der Waals surface area (Å²) in [7, 11) is 2.18. The van der Waals surface area contributed by atoms with Crippen molar-refractivity contribution in [2.24, 2.45) is 0 Å². The Bertz CT molecular complexity index is 607. The number of aromatic nitrogens is 1. The highest BCUT2D eigenvalue weighted by Crippen LogP contribution is 2.30. The topological polar surface area (TPSA) is 16.1 Å². The molecule has 0 amide bonds. The van der Waals surface area contributed by atoms with Gasteiger partial charge in [0.25, 0.3) is 0 Å². The van der Waals surface area contributed by atoms with Crippen LogP contribution in [0.3, 0.4) is 0 Å². The van der Waals surface area contributed by atoms with Crippen LogP contribution in [0.5, 0.6) is 0 Å². The van der Waals surface area contributed by atoms with E-state index in [0.717, 1.165) is 24.8 Å². The van der Waals surface area contributed by atoms with E-state index < -0.39 is 0 Å². The molecule has 18 heavy (non-hydrogen) atoms. The molecule has 0 spiro atoms. The summed E-state index contributed by atoms with van der Waals surface area (Å²) in [5.74, 6) is 0. The number of halogens is 1. The molecular formula is C15H17BrN2. The first-order chi connectivity index (χ1) is 8.70. The maximum absolute atomic E-state index is 4.91.